The summed E-state index contributed by atoms with van der Waals surface area (Å²) >= 11 is 12.5. The van der Waals surface area contributed by atoms with E-state index in [9.17, 15) is 4.79 Å². The van der Waals surface area contributed by atoms with Gasteiger partial charge in [-0.05, 0) is 44.9 Å². The maximum absolute atomic E-state index is 12.4. The summed E-state index contributed by atoms with van der Waals surface area (Å²) in [5.41, 5.74) is 0.363. The van der Waals surface area contributed by atoms with Crippen molar-refractivity contribution in [3.63, 3.8) is 0 Å². The van der Waals surface area contributed by atoms with E-state index in [0.717, 1.165) is 12.1 Å². The average molecular weight is 345 g/mol. The van der Waals surface area contributed by atoms with Gasteiger partial charge in [0.1, 0.15) is 5.60 Å². The number of hydrogen-bond donors (Lipinski definition) is 1. The number of rotatable bonds is 2. The number of benzene rings is 1. The molecule has 1 N–H and O–H groups in total. The summed E-state index contributed by atoms with van der Waals surface area (Å²) in [7, 11) is 0. The number of carbonyl (C=O) groups is 1. The summed E-state index contributed by atoms with van der Waals surface area (Å²) in [6.45, 7) is 7.67. The van der Waals surface area contributed by atoms with Crippen molar-refractivity contribution in [3.8, 4) is 0 Å². The summed E-state index contributed by atoms with van der Waals surface area (Å²) in [4.78, 5) is 14.2. The van der Waals surface area contributed by atoms with E-state index >= 15 is 0 Å². The van der Waals surface area contributed by atoms with Crippen molar-refractivity contribution in [1.82, 2.24) is 10.2 Å². The largest absolute Gasteiger partial charge is 0.444 e. The lowest BCUT2D eigenvalue weighted by Gasteiger charge is -2.37. The molecule has 4 nitrogen and oxygen atoms in total. The van der Waals surface area contributed by atoms with Gasteiger partial charge in [-0.3, -0.25) is 0 Å². The first-order valence-electron chi connectivity index (χ1n) is 7.41. The predicted octanol–water partition coefficient (Wildman–Crippen LogP) is 3.74. The molecule has 1 aromatic rings. The van der Waals surface area contributed by atoms with E-state index in [1.54, 1.807) is 4.90 Å². The number of nitrogens with one attached hydrogen (secondary N) is 1. The van der Waals surface area contributed by atoms with Crippen molar-refractivity contribution >= 4 is 29.3 Å². The quantitative estimate of drug-likeness (QED) is 0.888. The number of piperazine rings is 1. The monoisotopic (exact) mass is 344 g/mol. The maximum Gasteiger partial charge on any atom is 0.410 e. The first-order chi connectivity index (χ1) is 10.3. The van der Waals surface area contributed by atoms with Gasteiger partial charge in [-0.2, -0.15) is 0 Å². The molecule has 6 heteroatoms. The van der Waals surface area contributed by atoms with Crippen LogP contribution in [0.1, 0.15) is 26.3 Å². The van der Waals surface area contributed by atoms with E-state index in [2.05, 4.69) is 5.32 Å². The van der Waals surface area contributed by atoms with Gasteiger partial charge in [0, 0.05) is 29.7 Å². The predicted molar refractivity (Wildman–Crippen MR) is 89.8 cm³/mol. The van der Waals surface area contributed by atoms with Crippen LogP contribution >= 0.6 is 23.2 Å². The molecule has 1 aromatic carbocycles. The van der Waals surface area contributed by atoms with Crippen LogP contribution in [0.2, 0.25) is 10.0 Å². The number of amides is 1. The third kappa shape index (κ3) is 4.51. The number of hydrogen-bond acceptors (Lipinski definition) is 3. The number of nitrogens with zero attached hydrogens (tertiary/aromatic N) is 1. The summed E-state index contributed by atoms with van der Waals surface area (Å²) < 4.78 is 5.50. The molecule has 0 spiro atoms. The van der Waals surface area contributed by atoms with Crippen molar-refractivity contribution < 1.29 is 9.53 Å². The Hall–Kier alpha value is -0.970. The van der Waals surface area contributed by atoms with Crippen LogP contribution in [0.5, 0.6) is 0 Å². The molecule has 1 fully saturated rings. The minimum atomic E-state index is -0.505. The first kappa shape index (κ1) is 17.4. The van der Waals surface area contributed by atoms with Crippen LogP contribution in [0, 0.1) is 0 Å². The van der Waals surface area contributed by atoms with Crippen molar-refractivity contribution in [3.05, 3.63) is 33.8 Å². The van der Waals surface area contributed by atoms with E-state index in [1.807, 2.05) is 39.0 Å². The SMILES string of the molecule is CC(C)(C)OC(=O)N1CCNC[C@@H]1Cc1c(Cl)cccc1Cl. The van der Waals surface area contributed by atoms with Crippen LogP contribution in [-0.4, -0.2) is 42.3 Å². The summed E-state index contributed by atoms with van der Waals surface area (Å²) in [6.07, 6.45) is 0.312. The van der Waals surface area contributed by atoms with E-state index in [-0.39, 0.29) is 12.1 Å². The smallest absolute Gasteiger partial charge is 0.410 e. The Morgan fingerprint density at radius 3 is 2.59 bits per heavy atom. The molecule has 0 unspecified atom stereocenters. The zero-order valence-electron chi connectivity index (χ0n) is 13.2. The molecule has 0 bridgehead atoms. The minimum absolute atomic E-state index is 0.0269. The lowest BCUT2D eigenvalue weighted by Crippen LogP contribution is -2.55. The van der Waals surface area contributed by atoms with Gasteiger partial charge in [-0.25, -0.2) is 4.79 Å². The van der Waals surface area contributed by atoms with Crippen LogP contribution in [0.3, 0.4) is 0 Å². The molecule has 0 saturated carbocycles. The zero-order chi connectivity index (χ0) is 16.3. The van der Waals surface area contributed by atoms with Crippen LogP contribution < -0.4 is 5.32 Å². The topological polar surface area (TPSA) is 41.6 Å². The van der Waals surface area contributed by atoms with Crippen molar-refractivity contribution in [1.29, 1.82) is 0 Å². The van der Waals surface area contributed by atoms with Crippen LogP contribution in [-0.2, 0) is 11.2 Å². The van der Waals surface area contributed by atoms with Gasteiger partial charge in [-0.1, -0.05) is 29.3 Å². The Kier molecular flexibility index (Phi) is 5.59. The molecule has 1 aliphatic heterocycles. The van der Waals surface area contributed by atoms with Crippen LogP contribution in [0.15, 0.2) is 18.2 Å². The maximum atomic E-state index is 12.4. The fourth-order valence-corrected chi connectivity index (χ4v) is 3.02. The second-order valence-electron chi connectivity index (χ2n) is 6.44. The molecule has 1 amide bonds. The first-order valence-corrected chi connectivity index (χ1v) is 8.17. The van der Waals surface area contributed by atoms with Gasteiger partial charge in [0.05, 0.1) is 6.04 Å². The van der Waals surface area contributed by atoms with Crippen LogP contribution in [0.25, 0.3) is 0 Å². The van der Waals surface area contributed by atoms with E-state index < -0.39 is 5.60 Å². The normalized spacial score (nSPS) is 19.1. The lowest BCUT2D eigenvalue weighted by atomic mass is 10.0. The van der Waals surface area contributed by atoms with Crippen molar-refractivity contribution in [2.24, 2.45) is 0 Å². The molecule has 0 radical (unpaired) electrons. The second-order valence-corrected chi connectivity index (χ2v) is 7.25. The average Bonchev–Trinajstić information content (AvgIpc) is 2.41. The zero-order valence-corrected chi connectivity index (χ0v) is 14.7. The Morgan fingerprint density at radius 1 is 1.36 bits per heavy atom. The van der Waals surface area contributed by atoms with Gasteiger partial charge in [0.25, 0.3) is 0 Å². The molecule has 122 valence electrons. The van der Waals surface area contributed by atoms with Gasteiger partial charge >= 0.3 is 6.09 Å². The van der Waals surface area contributed by atoms with Gasteiger partial charge in [-0.15, -0.1) is 0 Å². The Balaban J connectivity index is 2.15. The molecule has 1 aliphatic rings. The molecule has 22 heavy (non-hydrogen) atoms. The highest BCUT2D eigenvalue weighted by Gasteiger charge is 2.31. The fraction of sp³-hybridized carbons (Fsp3) is 0.562. The van der Waals surface area contributed by atoms with Gasteiger partial charge in [0.15, 0.2) is 0 Å². The Labute approximate surface area is 141 Å². The number of ether oxygens (including phenoxy) is 1. The van der Waals surface area contributed by atoms with E-state index in [1.165, 1.54) is 0 Å². The lowest BCUT2D eigenvalue weighted by molar-refractivity contribution is 0.0122. The summed E-state index contributed by atoms with van der Waals surface area (Å²) in [6, 6.07) is 5.42. The molecule has 0 aromatic heterocycles. The third-order valence-electron chi connectivity index (χ3n) is 3.48. The standard InChI is InChI=1S/C16H22Cl2N2O2/c1-16(2,3)22-15(21)20-8-7-19-10-11(20)9-12-13(17)5-4-6-14(12)18/h4-6,11,19H,7-10H2,1-3H3/t11-/m0/s1. The summed E-state index contributed by atoms with van der Waals surface area (Å²) in [5, 5.41) is 4.56. The fourth-order valence-electron chi connectivity index (χ4n) is 2.47. The molecule has 0 aliphatic carbocycles. The van der Waals surface area contributed by atoms with Gasteiger partial charge in [0.2, 0.25) is 0 Å². The molecule has 1 heterocycles. The number of carbonyl (C=O) groups excluding carboxylic acids is 1. The molecular weight excluding hydrogens is 323 g/mol. The molecular formula is C16H22Cl2N2O2. The highest BCUT2D eigenvalue weighted by atomic mass is 35.5. The summed E-state index contributed by atoms with van der Waals surface area (Å²) in [5.74, 6) is 0. The second kappa shape index (κ2) is 7.07. The Bertz CT molecular complexity index is 523. The minimum Gasteiger partial charge on any atom is -0.444 e. The van der Waals surface area contributed by atoms with Crippen molar-refractivity contribution in [2.45, 2.75) is 38.8 Å². The highest BCUT2D eigenvalue weighted by Crippen LogP contribution is 2.27. The van der Waals surface area contributed by atoms with E-state index in [4.69, 9.17) is 27.9 Å². The highest BCUT2D eigenvalue weighted by molar-refractivity contribution is 6.36. The molecule has 2 rings (SSSR count). The number of halogens is 2. The molecule has 1 saturated heterocycles. The Morgan fingerprint density at radius 2 is 2.00 bits per heavy atom. The third-order valence-corrected chi connectivity index (χ3v) is 4.19. The van der Waals surface area contributed by atoms with Crippen LogP contribution in [0.4, 0.5) is 4.79 Å². The van der Waals surface area contributed by atoms with Crippen molar-refractivity contribution in [2.75, 3.05) is 19.6 Å². The molecule has 1 atom stereocenters. The van der Waals surface area contributed by atoms with Gasteiger partial charge < -0.3 is 15.0 Å². The van der Waals surface area contributed by atoms with E-state index in [0.29, 0.717) is 29.6 Å².